The van der Waals surface area contributed by atoms with Crippen molar-refractivity contribution in [1.82, 2.24) is 14.5 Å². The van der Waals surface area contributed by atoms with Crippen LogP contribution in [0.25, 0.3) is 10.6 Å². The first kappa shape index (κ1) is 18.4. The molecule has 2 aromatic heterocycles. The Kier molecular flexibility index (Phi) is 5.60. The summed E-state index contributed by atoms with van der Waals surface area (Å²) in [5, 5.41) is 6.44. The van der Waals surface area contributed by atoms with Gasteiger partial charge in [0.1, 0.15) is 5.69 Å². The fraction of sp³-hybridized carbons (Fsp3) is 0.235. The second-order valence-electron chi connectivity index (χ2n) is 5.36. The molecule has 0 spiro atoms. The van der Waals surface area contributed by atoms with E-state index >= 15 is 0 Å². The van der Waals surface area contributed by atoms with Gasteiger partial charge in [0, 0.05) is 18.8 Å². The molecule has 0 fully saturated rings. The molecule has 1 aromatic carbocycles. The van der Waals surface area contributed by atoms with Crippen molar-refractivity contribution < 1.29 is 17.9 Å². The molecule has 2 heterocycles. The summed E-state index contributed by atoms with van der Waals surface area (Å²) in [4.78, 5) is 1.20. The Hall–Kier alpha value is -2.36. The maximum atomic E-state index is 12.4. The molecule has 0 aliphatic carbocycles. The van der Waals surface area contributed by atoms with Crippen LogP contribution in [0, 0.1) is 0 Å². The molecule has 1 N–H and O–H groups in total. The highest BCUT2D eigenvalue weighted by atomic mass is 32.2. The maximum Gasteiger partial charge on any atom is 0.240 e. The molecule has 26 heavy (non-hydrogen) atoms. The van der Waals surface area contributed by atoms with Gasteiger partial charge in [-0.15, -0.1) is 11.3 Å². The molecular weight excluding hydrogens is 374 g/mol. The van der Waals surface area contributed by atoms with Gasteiger partial charge in [-0.1, -0.05) is 6.07 Å². The molecule has 0 atom stereocenters. The van der Waals surface area contributed by atoms with Crippen LogP contribution >= 0.6 is 11.3 Å². The Bertz CT molecular complexity index is 966. The van der Waals surface area contributed by atoms with Gasteiger partial charge in [-0.2, -0.15) is 5.10 Å². The zero-order valence-electron chi connectivity index (χ0n) is 14.4. The van der Waals surface area contributed by atoms with E-state index in [1.54, 1.807) is 22.1 Å². The van der Waals surface area contributed by atoms with Gasteiger partial charge in [-0.25, -0.2) is 13.1 Å². The van der Waals surface area contributed by atoms with E-state index in [2.05, 4.69) is 9.82 Å². The minimum atomic E-state index is -3.65. The number of ether oxygens (including phenoxy) is 2. The van der Waals surface area contributed by atoms with Crippen molar-refractivity contribution in [2.24, 2.45) is 0 Å². The number of nitrogens with one attached hydrogen (secondary N) is 1. The van der Waals surface area contributed by atoms with Crippen molar-refractivity contribution in [3.63, 3.8) is 0 Å². The number of sulfonamides is 1. The molecular formula is C17H19N3O4S2. The van der Waals surface area contributed by atoms with Gasteiger partial charge < -0.3 is 9.47 Å². The van der Waals surface area contributed by atoms with Gasteiger partial charge in [0.2, 0.25) is 10.0 Å². The molecule has 0 aliphatic rings. The molecule has 0 saturated heterocycles. The summed E-state index contributed by atoms with van der Waals surface area (Å²) in [6.45, 7) is 0.653. The minimum absolute atomic E-state index is 0.120. The first-order valence-corrected chi connectivity index (χ1v) is 10.2. The van der Waals surface area contributed by atoms with Crippen LogP contribution in [0.1, 0.15) is 0 Å². The smallest absolute Gasteiger partial charge is 0.240 e. The zero-order chi connectivity index (χ0) is 18.6. The third-order valence-electron chi connectivity index (χ3n) is 3.71. The lowest BCUT2D eigenvalue weighted by Crippen LogP contribution is -2.27. The van der Waals surface area contributed by atoms with Gasteiger partial charge in [0.15, 0.2) is 11.5 Å². The molecule has 0 bridgehead atoms. The topological polar surface area (TPSA) is 82.5 Å². The number of aromatic nitrogens is 2. The number of hydrogen-bond donors (Lipinski definition) is 1. The lowest BCUT2D eigenvalue weighted by Gasteiger charge is -2.11. The van der Waals surface area contributed by atoms with Crippen LogP contribution in [-0.2, 0) is 16.6 Å². The van der Waals surface area contributed by atoms with Crippen LogP contribution in [0.4, 0.5) is 0 Å². The van der Waals surface area contributed by atoms with Crippen LogP contribution in [-0.4, -0.2) is 39.0 Å². The zero-order valence-corrected chi connectivity index (χ0v) is 16.0. The Morgan fingerprint density at radius 1 is 1.15 bits per heavy atom. The third kappa shape index (κ3) is 4.06. The summed E-state index contributed by atoms with van der Waals surface area (Å²) in [7, 11) is -0.687. The summed E-state index contributed by atoms with van der Waals surface area (Å²) >= 11 is 1.61. The van der Waals surface area contributed by atoms with Gasteiger partial charge in [0.05, 0.1) is 30.5 Å². The molecule has 9 heteroatoms. The molecule has 0 amide bonds. The Morgan fingerprint density at radius 3 is 2.65 bits per heavy atom. The van der Waals surface area contributed by atoms with Crippen LogP contribution in [0.2, 0.25) is 0 Å². The monoisotopic (exact) mass is 393 g/mol. The van der Waals surface area contributed by atoms with E-state index in [9.17, 15) is 8.42 Å². The molecule has 7 nitrogen and oxygen atoms in total. The van der Waals surface area contributed by atoms with E-state index in [1.807, 2.05) is 29.8 Å². The van der Waals surface area contributed by atoms with Gasteiger partial charge >= 0.3 is 0 Å². The highest BCUT2D eigenvalue weighted by Gasteiger charge is 2.16. The van der Waals surface area contributed by atoms with Crippen LogP contribution < -0.4 is 14.2 Å². The molecule has 0 unspecified atom stereocenters. The SMILES string of the molecule is COc1ccc(S(=O)(=O)NCCn2ccc(-c3cccs3)n2)cc1OC. The molecule has 0 aliphatic heterocycles. The van der Waals surface area contributed by atoms with Crippen LogP contribution in [0.5, 0.6) is 11.5 Å². The number of nitrogens with zero attached hydrogens (tertiary/aromatic N) is 2. The predicted octanol–water partition coefficient (Wildman–Crippen LogP) is 2.61. The number of rotatable bonds is 8. The summed E-state index contributed by atoms with van der Waals surface area (Å²) in [5.74, 6) is 0.840. The van der Waals surface area contributed by atoms with Crippen molar-refractivity contribution in [1.29, 1.82) is 0 Å². The van der Waals surface area contributed by atoms with Crippen LogP contribution in [0.3, 0.4) is 0 Å². The summed E-state index contributed by atoms with van der Waals surface area (Å²) in [5.41, 5.74) is 0.878. The Morgan fingerprint density at radius 2 is 1.96 bits per heavy atom. The van der Waals surface area contributed by atoms with Crippen molar-refractivity contribution in [2.45, 2.75) is 11.4 Å². The van der Waals surface area contributed by atoms with Crippen LogP contribution in [0.15, 0.2) is 52.9 Å². The highest BCUT2D eigenvalue weighted by molar-refractivity contribution is 7.89. The van der Waals surface area contributed by atoms with E-state index in [-0.39, 0.29) is 11.4 Å². The third-order valence-corrected chi connectivity index (χ3v) is 6.06. The number of methoxy groups -OCH3 is 2. The molecule has 138 valence electrons. The predicted molar refractivity (Wildman–Crippen MR) is 100 cm³/mol. The van der Waals surface area contributed by atoms with Gasteiger partial charge in [0.25, 0.3) is 0 Å². The normalized spacial score (nSPS) is 11.5. The second-order valence-corrected chi connectivity index (χ2v) is 8.07. The van der Waals surface area contributed by atoms with E-state index in [1.165, 1.54) is 26.4 Å². The van der Waals surface area contributed by atoms with Crippen molar-refractivity contribution >= 4 is 21.4 Å². The second kappa shape index (κ2) is 7.90. The molecule has 0 saturated carbocycles. The van der Waals surface area contributed by atoms with Crippen molar-refractivity contribution in [2.75, 3.05) is 20.8 Å². The lowest BCUT2D eigenvalue weighted by atomic mass is 10.3. The lowest BCUT2D eigenvalue weighted by molar-refractivity contribution is 0.354. The van der Waals surface area contributed by atoms with Gasteiger partial charge in [-0.05, 0) is 29.6 Å². The fourth-order valence-corrected chi connectivity index (χ4v) is 4.13. The number of hydrogen-bond acceptors (Lipinski definition) is 6. The number of benzene rings is 1. The van der Waals surface area contributed by atoms with E-state index in [0.717, 1.165) is 10.6 Å². The van der Waals surface area contributed by atoms with Crippen molar-refractivity contribution in [3.8, 4) is 22.1 Å². The standard InChI is InChI=1S/C17H19N3O4S2/c1-23-15-6-5-13(12-16(15)24-2)26(21,22)18-8-10-20-9-7-14(19-20)17-4-3-11-25-17/h3-7,9,11-12,18H,8,10H2,1-2H3. The van der Waals surface area contributed by atoms with Gasteiger partial charge in [-0.3, -0.25) is 4.68 Å². The summed E-state index contributed by atoms with van der Waals surface area (Å²) < 4.78 is 39.5. The fourth-order valence-electron chi connectivity index (χ4n) is 2.40. The average molecular weight is 393 g/mol. The minimum Gasteiger partial charge on any atom is -0.493 e. The van der Waals surface area contributed by atoms with E-state index < -0.39 is 10.0 Å². The summed E-state index contributed by atoms with van der Waals surface area (Å²) in [6.07, 6.45) is 1.83. The Labute approximate surface area is 156 Å². The quantitative estimate of drug-likeness (QED) is 0.636. The first-order valence-electron chi connectivity index (χ1n) is 7.82. The Balaban J connectivity index is 1.64. The van der Waals surface area contributed by atoms with E-state index in [0.29, 0.717) is 18.0 Å². The molecule has 3 aromatic rings. The molecule has 0 radical (unpaired) electrons. The number of thiophene rings is 1. The highest BCUT2D eigenvalue weighted by Crippen LogP contribution is 2.29. The maximum absolute atomic E-state index is 12.4. The molecule has 3 rings (SSSR count). The largest absolute Gasteiger partial charge is 0.493 e. The average Bonchev–Trinajstić information content (AvgIpc) is 3.32. The summed E-state index contributed by atoms with van der Waals surface area (Å²) in [6, 6.07) is 10.4. The van der Waals surface area contributed by atoms with E-state index in [4.69, 9.17) is 9.47 Å². The first-order chi connectivity index (χ1) is 12.5. The van der Waals surface area contributed by atoms with Crippen molar-refractivity contribution in [3.05, 3.63) is 48.0 Å².